The zero-order chi connectivity index (χ0) is 45.0. The summed E-state index contributed by atoms with van der Waals surface area (Å²) in [6.07, 6.45) is 3.01. The van der Waals surface area contributed by atoms with Crippen LogP contribution in [-0.4, -0.2) is 99.1 Å². The summed E-state index contributed by atoms with van der Waals surface area (Å²) in [6, 6.07) is 15.7. The highest BCUT2D eigenvalue weighted by Gasteiger charge is 2.59. The lowest BCUT2D eigenvalue weighted by Gasteiger charge is -2.62. The van der Waals surface area contributed by atoms with Gasteiger partial charge in [0, 0.05) is 25.1 Å². The van der Waals surface area contributed by atoms with Crippen molar-refractivity contribution in [3.63, 3.8) is 0 Å². The number of hydroxylamine groups is 4. The van der Waals surface area contributed by atoms with Gasteiger partial charge in [0.05, 0.1) is 38.3 Å². The summed E-state index contributed by atoms with van der Waals surface area (Å²) in [7, 11) is 0. The molecule has 0 aromatic heterocycles. The molecular formula is C48H70I2N4O8. The summed E-state index contributed by atoms with van der Waals surface area (Å²) in [5.41, 5.74) is 9.09. The Bertz CT molecular complexity index is 1900. The molecule has 4 bridgehead atoms. The van der Waals surface area contributed by atoms with Crippen molar-refractivity contribution in [2.24, 2.45) is 63.9 Å². The van der Waals surface area contributed by atoms with Gasteiger partial charge in [0.1, 0.15) is 30.4 Å². The molecule has 12 nitrogen and oxygen atoms in total. The summed E-state index contributed by atoms with van der Waals surface area (Å²) in [5.74, 6) is 3.36. The van der Waals surface area contributed by atoms with E-state index in [1.807, 2.05) is 43.3 Å². The first kappa shape index (κ1) is 48.5. The molecule has 2 aromatic carbocycles. The molecule has 0 unspecified atom stereocenters. The first-order valence-electron chi connectivity index (χ1n) is 22.8. The highest BCUT2D eigenvalue weighted by atomic mass is 127. The zero-order valence-electron chi connectivity index (χ0n) is 37.6. The minimum atomic E-state index is -0.773. The van der Waals surface area contributed by atoms with Crippen LogP contribution in [0, 0.1) is 65.3 Å². The van der Waals surface area contributed by atoms with Gasteiger partial charge in [-0.2, -0.15) is 10.1 Å². The average Bonchev–Trinajstić information content (AvgIpc) is 3.87. The van der Waals surface area contributed by atoms with Crippen molar-refractivity contribution >= 4 is 57.1 Å². The van der Waals surface area contributed by atoms with Crippen molar-refractivity contribution in [1.29, 1.82) is 0 Å². The molecule has 3 heterocycles. The number of halogens is 2. The van der Waals surface area contributed by atoms with Gasteiger partial charge in [-0.3, -0.25) is 19.3 Å². The van der Waals surface area contributed by atoms with E-state index in [1.54, 1.807) is 17.1 Å². The van der Waals surface area contributed by atoms with Crippen LogP contribution in [0.5, 0.6) is 0 Å². The molecule has 6 saturated carbocycles. The molecule has 9 aliphatic rings. The number of benzene rings is 2. The Hall–Kier alpha value is -1.48. The van der Waals surface area contributed by atoms with Crippen LogP contribution in [0.15, 0.2) is 48.5 Å². The van der Waals surface area contributed by atoms with E-state index in [2.05, 4.69) is 104 Å². The van der Waals surface area contributed by atoms with E-state index in [9.17, 15) is 24.9 Å². The van der Waals surface area contributed by atoms with Crippen molar-refractivity contribution in [2.75, 3.05) is 13.2 Å². The highest BCUT2D eigenvalue weighted by Crippen LogP contribution is 2.62. The van der Waals surface area contributed by atoms with Crippen LogP contribution in [-0.2, 0) is 37.1 Å². The molecule has 3 aliphatic heterocycles. The summed E-state index contributed by atoms with van der Waals surface area (Å²) >= 11 is 4.52. The molecule has 6 aliphatic carbocycles. The minimum absolute atomic E-state index is 0.102. The third-order valence-electron chi connectivity index (χ3n) is 16.6. The Kier molecular flexibility index (Phi) is 15.2. The number of cyclic esters (lactones) is 1. The van der Waals surface area contributed by atoms with Gasteiger partial charge in [0.25, 0.3) is 0 Å². The fourth-order valence-electron chi connectivity index (χ4n) is 12.5. The Morgan fingerprint density at radius 3 is 1.85 bits per heavy atom. The number of hydrogen-bond acceptors (Lipinski definition) is 11. The standard InChI is InChI=1S/C24H35IN2O4.C14H16INO4.C10H19N/c1-13-18-9-16(24(18,3)4)10-19(13)26-23(30)22-21(14(2)29)20(12-28)31-27(22)11-15-6-5-7-17(25)8-15;1-8-12-11(7-17)20-16(13(12)14(18)19-8)6-9-3-2-4-10(15)5-9;1-6-8-4-7(5-9(6)11)10(8,2)3/h5-8,13-14,16,18-22,28-29H,9-12H2,1-4H3,(H,26,30);2-5,8,11-13,17H,6-7H2,1H3;6-9H,4-5,11H2,1-3H3/t13-,14-,16+,18-,19-,20-,21+,22-;8-,11-,12+,13-;6-,7+,8-,9-/m000/s1. The Morgan fingerprint density at radius 2 is 1.37 bits per heavy atom. The van der Waals surface area contributed by atoms with Gasteiger partial charge < -0.3 is 31.1 Å². The van der Waals surface area contributed by atoms with E-state index in [0.717, 1.165) is 42.4 Å². The molecule has 1 amide bonds. The molecule has 0 spiro atoms. The summed E-state index contributed by atoms with van der Waals surface area (Å²) in [4.78, 5) is 37.3. The Balaban J connectivity index is 0.000000158. The number of fused-ring (bicyclic) bond motifs is 5. The third kappa shape index (κ3) is 9.53. The summed E-state index contributed by atoms with van der Waals surface area (Å²) in [5, 5.41) is 36.4. The predicted octanol–water partition coefficient (Wildman–Crippen LogP) is 6.30. The van der Waals surface area contributed by atoms with E-state index in [1.165, 1.54) is 19.3 Å². The maximum absolute atomic E-state index is 13.6. The molecule has 2 aromatic rings. The van der Waals surface area contributed by atoms with Crippen LogP contribution in [0.25, 0.3) is 0 Å². The number of aliphatic hydroxyl groups is 3. The van der Waals surface area contributed by atoms with Gasteiger partial charge in [-0.25, -0.2) is 0 Å². The monoisotopic (exact) mass is 1080 g/mol. The predicted molar refractivity (Wildman–Crippen MR) is 253 cm³/mol. The van der Waals surface area contributed by atoms with Crippen LogP contribution >= 0.6 is 45.2 Å². The van der Waals surface area contributed by atoms with Crippen LogP contribution in [0.3, 0.4) is 0 Å². The van der Waals surface area contributed by atoms with Crippen molar-refractivity contribution < 1.29 is 39.3 Å². The topological polar surface area (TPSA) is 167 Å². The second-order valence-electron chi connectivity index (χ2n) is 20.7. The normalized spacial score (nSPS) is 39.1. The quantitative estimate of drug-likeness (QED) is 0.141. The second kappa shape index (κ2) is 19.4. The molecule has 16 atom stereocenters. The number of nitrogens with zero attached hydrogens (tertiary/aromatic N) is 2. The van der Waals surface area contributed by atoms with Gasteiger partial charge in [0.15, 0.2) is 0 Å². The number of nitrogens with one attached hydrogen (secondary N) is 1. The number of rotatable bonds is 9. The van der Waals surface area contributed by atoms with Crippen molar-refractivity contribution in [2.45, 2.75) is 143 Å². The first-order chi connectivity index (χ1) is 29.3. The summed E-state index contributed by atoms with van der Waals surface area (Å²) in [6.45, 7) is 18.2. The minimum Gasteiger partial charge on any atom is -0.461 e. The summed E-state index contributed by atoms with van der Waals surface area (Å²) < 4.78 is 7.52. The lowest BCUT2D eigenvalue weighted by molar-refractivity contribution is -0.195. The van der Waals surface area contributed by atoms with Gasteiger partial charge in [-0.05, 0) is 166 Å². The molecule has 62 heavy (non-hydrogen) atoms. The fourth-order valence-corrected chi connectivity index (χ4v) is 13.7. The number of nitrogens with two attached hydrogens (primary N) is 1. The van der Waals surface area contributed by atoms with Crippen molar-refractivity contribution in [3.05, 3.63) is 66.8 Å². The van der Waals surface area contributed by atoms with Crippen molar-refractivity contribution in [3.8, 4) is 0 Å². The van der Waals surface area contributed by atoms with Gasteiger partial charge in [-0.15, -0.1) is 0 Å². The van der Waals surface area contributed by atoms with Crippen LogP contribution < -0.4 is 11.1 Å². The second-order valence-corrected chi connectivity index (χ2v) is 23.2. The Morgan fingerprint density at radius 1 is 0.839 bits per heavy atom. The molecule has 344 valence electrons. The molecule has 14 heteroatoms. The van der Waals surface area contributed by atoms with Crippen LogP contribution in [0.2, 0.25) is 0 Å². The maximum Gasteiger partial charge on any atom is 0.326 e. The lowest BCUT2D eigenvalue weighted by atomic mass is 9.45. The van der Waals surface area contributed by atoms with Crippen LogP contribution in [0.1, 0.15) is 92.2 Å². The van der Waals surface area contributed by atoms with Gasteiger partial charge in [-0.1, -0.05) is 65.8 Å². The smallest absolute Gasteiger partial charge is 0.326 e. The molecule has 6 N–H and O–H groups in total. The van der Waals surface area contributed by atoms with E-state index in [-0.39, 0.29) is 49.3 Å². The van der Waals surface area contributed by atoms with E-state index >= 15 is 0 Å². The first-order valence-corrected chi connectivity index (χ1v) is 24.9. The van der Waals surface area contributed by atoms with E-state index in [4.69, 9.17) is 20.1 Å². The molecular weight excluding hydrogens is 1010 g/mol. The van der Waals surface area contributed by atoms with E-state index in [0.29, 0.717) is 47.7 Å². The maximum atomic E-state index is 13.6. The van der Waals surface area contributed by atoms with Gasteiger partial charge >= 0.3 is 5.97 Å². The van der Waals surface area contributed by atoms with Crippen molar-refractivity contribution in [1.82, 2.24) is 15.4 Å². The Labute approximate surface area is 395 Å². The number of carbonyl (C=O) groups excluding carboxylic acids is 2. The molecule has 3 saturated heterocycles. The fraction of sp³-hybridized carbons (Fsp3) is 0.708. The number of aliphatic hydroxyl groups excluding tert-OH is 3. The van der Waals surface area contributed by atoms with E-state index < -0.39 is 30.2 Å². The SMILES string of the molecule is C[C@@H]1OC(=O)[C@@H]2[C@H]1[C@H](CO)ON2Cc1cccc(I)c1.C[C@@H]1[C@@H](N)C[C@H]2C[C@@H]1C2(C)C.C[C@@H]1[C@@H](NC(=O)[C@@H]2[C@H]([C@H](C)O)[C@H](CO)ON2Cc2cccc(I)c2)C[C@H]2C[C@@H]1C2(C)C. The highest BCUT2D eigenvalue weighted by molar-refractivity contribution is 14.1. The number of ether oxygens (including phenoxy) is 1. The lowest BCUT2D eigenvalue weighted by Crippen LogP contribution is -2.62. The number of carbonyl (C=O) groups is 2. The number of hydrogen-bond donors (Lipinski definition) is 5. The van der Waals surface area contributed by atoms with Gasteiger partial charge in [0.2, 0.25) is 5.91 Å². The third-order valence-corrected chi connectivity index (χ3v) is 17.9. The zero-order valence-corrected chi connectivity index (χ0v) is 41.9. The molecule has 0 radical (unpaired) electrons. The van der Waals surface area contributed by atoms with Crippen LogP contribution in [0.4, 0.5) is 0 Å². The largest absolute Gasteiger partial charge is 0.461 e. The molecule has 11 rings (SSSR count). The molecule has 9 fully saturated rings. The number of esters is 1. The average molecular weight is 1080 g/mol. The number of amides is 1.